The molecule has 0 aliphatic heterocycles. The number of aromatic nitrogens is 1. The fourth-order valence-electron chi connectivity index (χ4n) is 5.00. The lowest BCUT2D eigenvalue weighted by Gasteiger charge is -2.19. The molecule has 0 unspecified atom stereocenters. The van der Waals surface area contributed by atoms with Crippen molar-refractivity contribution in [2.24, 2.45) is 0 Å². The lowest BCUT2D eigenvalue weighted by Crippen LogP contribution is -2.10. The summed E-state index contributed by atoms with van der Waals surface area (Å²) in [4.78, 5) is 5.19. The molecule has 5 aromatic carbocycles. The van der Waals surface area contributed by atoms with Crippen LogP contribution in [0.25, 0.3) is 33.6 Å². The topological polar surface area (TPSA) is 40.6 Å². The molecule has 0 aliphatic carbocycles. The number of hydrogen-bond donors (Lipinski definition) is 0. The van der Waals surface area contributed by atoms with Crippen LogP contribution in [0, 0.1) is 0 Å². The fraction of sp³-hybridized carbons (Fsp3) is 0.125. The number of methoxy groups -OCH3 is 1. The van der Waals surface area contributed by atoms with E-state index in [4.69, 9.17) is 19.2 Å². The first-order valence-electron chi connectivity index (χ1n) is 14.7. The van der Waals surface area contributed by atoms with Crippen LogP contribution in [0.3, 0.4) is 0 Å². The van der Waals surface area contributed by atoms with Crippen molar-refractivity contribution >= 4 is 0 Å². The predicted molar refractivity (Wildman–Crippen MR) is 179 cm³/mol. The van der Waals surface area contributed by atoms with Crippen molar-refractivity contribution < 1.29 is 14.2 Å². The van der Waals surface area contributed by atoms with Crippen molar-refractivity contribution in [1.82, 2.24) is 4.98 Å². The largest absolute Gasteiger partial charge is 0.497 e. The number of nitrogens with zero attached hydrogens (tertiary/aromatic N) is 1. The van der Waals surface area contributed by atoms with E-state index >= 15 is 0 Å². The van der Waals surface area contributed by atoms with Crippen molar-refractivity contribution in [3.05, 3.63) is 145 Å². The van der Waals surface area contributed by atoms with Gasteiger partial charge >= 0.3 is 0 Å². The normalized spacial score (nSPS) is 11.2. The predicted octanol–water partition coefficient (Wildman–Crippen LogP) is 11.0. The molecule has 4 nitrogen and oxygen atoms in total. The monoisotopic (exact) mass is 577 g/mol. The molecule has 0 aliphatic rings. The van der Waals surface area contributed by atoms with E-state index in [0.717, 1.165) is 50.9 Å². The van der Waals surface area contributed by atoms with E-state index in [1.54, 1.807) is 7.11 Å². The maximum atomic E-state index is 6.30. The second kappa shape index (κ2) is 12.5. The molecule has 1 aromatic heterocycles. The molecule has 0 bridgehead atoms. The number of rotatable bonds is 8. The third-order valence-corrected chi connectivity index (χ3v) is 7.43. The summed E-state index contributed by atoms with van der Waals surface area (Å²) in [6.07, 6.45) is 0. The van der Waals surface area contributed by atoms with Gasteiger partial charge in [-0.05, 0) is 82.8 Å². The standard InChI is InChI=1S/C40H35NO3/c1-40(2,3)32-19-15-29(16-20-32)38-25-30(28-17-21-33(42-4)22-18-28)26-39(41-38)31-23-36(43-34-11-7-5-8-12-34)27-37(24-31)44-35-13-9-6-10-14-35/h5-27H,1-4H3. The van der Waals surface area contributed by atoms with Crippen LogP contribution in [0.2, 0.25) is 0 Å². The lowest BCUT2D eigenvalue weighted by molar-refractivity contribution is 0.415. The van der Waals surface area contributed by atoms with Gasteiger partial charge in [0.15, 0.2) is 0 Å². The Balaban J connectivity index is 1.48. The number of para-hydroxylation sites is 2. The summed E-state index contributed by atoms with van der Waals surface area (Å²) >= 11 is 0. The van der Waals surface area contributed by atoms with Crippen LogP contribution in [-0.4, -0.2) is 12.1 Å². The SMILES string of the molecule is COc1ccc(-c2cc(-c3ccc(C(C)(C)C)cc3)nc(-c3cc(Oc4ccccc4)cc(Oc4ccccc4)c3)c2)cc1. The minimum atomic E-state index is 0.0659. The minimum Gasteiger partial charge on any atom is -0.497 e. The summed E-state index contributed by atoms with van der Waals surface area (Å²) < 4.78 is 18.0. The molecule has 0 saturated heterocycles. The molecule has 218 valence electrons. The van der Waals surface area contributed by atoms with Crippen LogP contribution in [0.15, 0.2) is 140 Å². The molecule has 0 radical (unpaired) electrons. The first kappa shape index (κ1) is 28.8. The molecule has 44 heavy (non-hydrogen) atoms. The summed E-state index contributed by atoms with van der Waals surface area (Å²) in [5.74, 6) is 3.62. The van der Waals surface area contributed by atoms with E-state index < -0.39 is 0 Å². The molecular weight excluding hydrogens is 542 g/mol. The van der Waals surface area contributed by atoms with Crippen LogP contribution in [-0.2, 0) is 5.41 Å². The highest BCUT2D eigenvalue weighted by Gasteiger charge is 2.16. The maximum absolute atomic E-state index is 6.30. The molecular formula is C40H35NO3. The van der Waals surface area contributed by atoms with Gasteiger partial charge in [0.2, 0.25) is 0 Å². The molecule has 0 spiro atoms. The molecule has 6 aromatic rings. The van der Waals surface area contributed by atoms with Gasteiger partial charge in [-0.25, -0.2) is 4.98 Å². The van der Waals surface area contributed by atoms with E-state index in [-0.39, 0.29) is 5.41 Å². The van der Waals surface area contributed by atoms with Gasteiger partial charge in [0.25, 0.3) is 0 Å². The quantitative estimate of drug-likeness (QED) is 0.180. The Morgan fingerprint density at radius 2 is 0.932 bits per heavy atom. The molecule has 6 rings (SSSR count). The Bertz CT molecular complexity index is 1780. The Labute approximate surface area is 259 Å². The summed E-state index contributed by atoms with van der Waals surface area (Å²) in [7, 11) is 1.68. The number of pyridine rings is 1. The van der Waals surface area contributed by atoms with Crippen molar-refractivity contribution in [1.29, 1.82) is 0 Å². The van der Waals surface area contributed by atoms with Gasteiger partial charge in [-0.3, -0.25) is 0 Å². The summed E-state index contributed by atoms with van der Waals surface area (Å²) in [6.45, 7) is 6.67. The summed E-state index contributed by atoms with van der Waals surface area (Å²) in [5.41, 5.74) is 7.09. The minimum absolute atomic E-state index is 0.0659. The van der Waals surface area contributed by atoms with Crippen molar-refractivity contribution in [2.45, 2.75) is 26.2 Å². The zero-order valence-electron chi connectivity index (χ0n) is 25.5. The van der Waals surface area contributed by atoms with E-state index in [2.05, 4.69) is 69.3 Å². The van der Waals surface area contributed by atoms with Gasteiger partial charge in [0.1, 0.15) is 28.7 Å². The van der Waals surface area contributed by atoms with Crippen LogP contribution in [0.4, 0.5) is 0 Å². The van der Waals surface area contributed by atoms with Gasteiger partial charge in [-0.2, -0.15) is 0 Å². The molecule has 0 fully saturated rings. The zero-order chi connectivity index (χ0) is 30.5. The van der Waals surface area contributed by atoms with Gasteiger partial charge in [0.05, 0.1) is 18.5 Å². The van der Waals surface area contributed by atoms with Crippen molar-refractivity contribution in [3.63, 3.8) is 0 Å². The number of hydrogen-bond acceptors (Lipinski definition) is 4. The van der Waals surface area contributed by atoms with Gasteiger partial charge in [0, 0.05) is 17.2 Å². The Morgan fingerprint density at radius 3 is 1.43 bits per heavy atom. The highest BCUT2D eigenvalue weighted by Crippen LogP contribution is 2.37. The van der Waals surface area contributed by atoms with Crippen LogP contribution < -0.4 is 14.2 Å². The van der Waals surface area contributed by atoms with E-state index in [9.17, 15) is 0 Å². The first-order valence-corrected chi connectivity index (χ1v) is 14.7. The maximum Gasteiger partial charge on any atom is 0.131 e. The highest BCUT2D eigenvalue weighted by molar-refractivity contribution is 5.78. The molecule has 1 heterocycles. The van der Waals surface area contributed by atoms with E-state index in [1.807, 2.05) is 91.0 Å². The molecule has 0 N–H and O–H groups in total. The highest BCUT2D eigenvalue weighted by atomic mass is 16.5. The third kappa shape index (κ3) is 6.82. The second-order valence-electron chi connectivity index (χ2n) is 11.7. The van der Waals surface area contributed by atoms with Crippen LogP contribution >= 0.6 is 0 Å². The van der Waals surface area contributed by atoms with Crippen molar-refractivity contribution in [3.8, 4) is 62.4 Å². The van der Waals surface area contributed by atoms with Gasteiger partial charge in [-0.1, -0.05) is 93.6 Å². The Hall–Kier alpha value is -5.35. The van der Waals surface area contributed by atoms with Crippen molar-refractivity contribution in [2.75, 3.05) is 7.11 Å². The molecule has 4 heteroatoms. The smallest absolute Gasteiger partial charge is 0.131 e. The number of benzene rings is 5. The molecule has 0 amide bonds. The third-order valence-electron chi connectivity index (χ3n) is 7.43. The summed E-state index contributed by atoms with van der Waals surface area (Å²) in [6, 6.07) is 46.5. The van der Waals surface area contributed by atoms with E-state index in [1.165, 1.54) is 5.56 Å². The van der Waals surface area contributed by atoms with Crippen LogP contribution in [0.1, 0.15) is 26.3 Å². The van der Waals surface area contributed by atoms with Crippen LogP contribution in [0.5, 0.6) is 28.7 Å². The molecule has 0 saturated carbocycles. The molecule has 0 atom stereocenters. The Kier molecular flexibility index (Phi) is 8.16. The average Bonchev–Trinajstić information content (AvgIpc) is 3.05. The van der Waals surface area contributed by atoms with Gasteiger partial charge < -0.3 is 14.2 Å². The fourth-order valence-corrected chi connectivity index (χ4v) is 5.00. The number of ether oxygens (including phenoxy) is 3. The Morgan fingerprint density at radius 1 is 0.432 bits per heavy atom. The lowest BCUT2D eigenvalue weighted by atomic mass is 9.86. The van der Waals surface area contributed by atoms with E-state index in [0.29, 0.717) is 11.5 Å². The average molecular weight is 578 g/mol. The zero-order valence-corrected chi connectivity index (χ0v) is 25.5. The second-order valence-corrected chi connectivity index (χ2v) is 11.7. The summed E-state index contributed by atoms with van der Waals surface area (Å²) in [5, 5.41) is 0. The first-order chi connectivity index (χ1) is 21.3. The van der Waals surface area contributed by atoms with Gasteiger partial charge in [-0.15, -0.1) is 0 Å².